The third-order valence-electron chi connectivity index (χ3n) is 4.05. The fraction of sp³-hybridized carbons (Fsp3) is 0.105. The van der Waals surface area contributed by atoms with Gasteiger partial charge in [-0.3, -0.25) is 4.79 Å². The molecule has 132 valence electrons. The molecule has 3 rings (SSSR count). The molecule has 0 unspecified atom stereocenters. The number of rotatable bonds is 3. The zero-order valence-electron chi connectivity index (χ0n) is 14.3. The third kappa shape index (κ3) is 3.34. The van der Waals surface area contributed by atoms with Gasteiger partial charge in [0.05, 0.1) is 16.2 Å². The quantitative estimate of drug-likeness (QED) is 0.637. The highest BCUT2D eigenvalue weighted by atomic mass is 32.2. The number of allylic oxidation sites excluding steroid dienone is 1. The van der Waals surface area contributed by atoms with E-state index in [0.29, 0.717) is 21.4 Å². The van der Waals surface area contributed by atoms with Crippen LogP contribution >= 0.6 is 11.8 Å². The highest BCUT2D eigenvalue weighted by Crippen LogP contribution is 2.36. The SMILES string of the molecule is C/C(=C1/SC(N(C)c2ccccc2C(=O)O)=NC1=O)c1ccc(N)cc1. The summed E-state index contributed by atoms with van der Waals surface area (Å²) in [6, 6.07) is 13.9. The Labute approximate surface area is 155 Å². The molecule has 2 aromatic rings. The lowest BCUT2D eigenvalue weighted by Gasteiger charge is -2.19. The van der Waals surface area contributed by atoms with Crippen LogP contribution in [-0.4, -0.2) is 29.2 Å². The molecule has 1 heterocycles. The highest BCUT2D eigenvalue weighted by Gasteiger charge is 2.28. The van der Waals surface area contributed by atoms with Crippen molar-refractivity contribution in [3.63, 3.8) is 0 Å². The van der Waals surface area contributed by atoms with Gasteiger partial charge in [-0.2, -0.15) is 4.99 Å². The Morgan fingerprint density at radius 3 is 2.46 bits per heavy atom. The van der Waals surface area contributed by atoms with E-state index in [2.05, 4.69) is 4.99 Å². The number of nitrogens with zero attached hydrogens (tertiary/aromatic N) is 2. The Morgan fingerprint density at radius 2 is 1.81 bits per heavy atom. The lowest BCUT2D eigenvalue weighted by atomic mass is 10.1. The van der Waals surface area contributed by atoms with Crippen LogP contribution in [0.25, 0.3) is 5.57 Å². The number of carbonyl (C=O) groups is 2. The first-order valence-electron chi connectivity index (χ1n) is 7.82. The Balaban J connectivity index is 1.92. The summed E-state index contributed by atoms with van der Waals surface area (Å²) in [7, 11) is 1.70. The summed E-state index contributed by atoms with van der Waals surface area (Å²) in [5.41, 5.74) is 8.68. The summed E-state index contributed by atoms with van der Waals surface area (Å²) in [6.07, 6.45) is 0. The summed E-state index contributed by atoms with van der Waals surface area (Å²) in [5.74, 6) is -1.37. The molecule has 26 heavy (non-hydrogen) atoms. The number of carbonyl (C=O) groups excluding carboxylic acids is 1. The van der Waals surface area contributed by atoms with Crippen molar-refractivity contribution in [2.75, 3.05) is 17.7 Å². The van der Waals surface area contributed by atoms with E-state index in [9.17, 15) is 14.7 Å². The molecule has 0 spiro atoms. The van der Waals surface area contributed by atoms with Gasteiger partial charge in [0.1, 0.15) is 0 Å². The van der Waals surface area contributed by atoms with Crippen LogP contribution in [-0.2, 0) is 4.79 Å². The molecule has 0 radical (unpaired) electrons. The van der Waals surface area contributed by atoms with Crippen molar-refractivity contribution in [3.8, 4) is 0 Å². The predicted octanol–water partition coefficient (Wildman–Crippen LogP) is 3.46. The van der Waals surface area contributed by atoms with Gasteiger partial charge < -0.3 is 15.7 Å². The molecule has 0 aromatic heterocycles. The van der Waals surface area contributed by atoms with Gasteiger partial charge in [0, 0.05) is 12.7 Å². The van der Waals surface area contributed by atoms with Crippen LogP contribution in [0.5, 0.6) is 0 Å². The predicted molar refractivity (Wildman–Crippen MR) is 105 cm³/mol. The van der Waals surface area contributed by atoms with E-state index in [-0.39, 0.29) is 11.5 Å². The Morgan fingerprint density at radius 1 is 1.15 bits per heavy atom. The first-order chi connectivity index (χ1) is 12.4. The van der Waals surface area contributed by atoms with E-state index in [1.165, 1.54) is 17.8 Å². The summed E-state index contributed by atoms with van der Waals surface area (Å²) in [4.78, 5) is 30.1. The summed E-state index contributed by atoms with van der Waals surface area (Å²) in [5, 5.41) is 9.80. The van der Waals surface area contributed by atoms with E-state index >= 15 is 0 Å². The number of thioether (sulfide) groups is 1. The molecule has 0 saturated heterocycles. The second-order valence-electron chi connectivity index (χ2n) is 5.76. The number of anilines is 2. The van der Waals surface area contributed by atoms with Crippen LogP contribution < -0.4 is 10.6 Å². The normalized spacial score (nSPS) is 15.6. The number of para-hydroxylation sites is 1. The molecular formula is C19H17N3O3S. The summed E-state index contributed by atoms with van der Waals surface area (Å²) < 4.78 is 0. The van der Waals surface area contributed by atoms with E-state index in [1.807, 2.05) is 19.1 Å². The van der Waals surface area contributed by atoms with Gasteiger partial charge in [-0.25, -0.2) is 4.79 Å². The number of aromatic carboxylic acids is 1. The van der Waals surface area contributed by atoms with Crippen molar-refractivity contribution >= 4 is 45.8 Å². The number of benzene rings is 2. The molecule has 0 fully saturated rings. The molecule has 0 aliphatic carbocycles. The maximum absolute atomic E-state index is 12.4. The minimum atomic E-state index is -1.03. The van der Waals surface area contributed by atoms with Gasteiger partial charge in [-0.15, -0.1) is 0 Å². The lowest BCUT2D eigenvalue weighted by Crippen LogP contribution is -2.24. The fourth-order valence-electron chi connectivity index (χ4n) is 2.59. The number of amidine groups is 1. The van der Waals surface area contributed by atoms with Gasteiger partial charge in [0.25, 0.3) is 5.91 Å². The van der Waals surface area contributed by atoms with Crippen molar-refractivity contribution in [2.24, 2.45) is 4.99 Å². The number of nitrogen functional groups attached to an aromatic ring is 1. The van der Waals surface area contributed by atoms with Gasteiger partial charge in [-0.05, 0) is 54.1 Å². The first kappa shape index (κ1) is 17.8. The Hall–Kier alpha value is -3.06. The summed E-state index contributed by atoms with van der Waals surface area (Å²) in [6.45, 7) is 1.86. The minimum absolute atomic E-state index is 0.151. The van der Waals surface area contributed by atoms with E-state index in [4.69, 9.17) is 5.73 Å². The average Bonchev–Trinajstić information content (AvgIpc) is 3.02. The van der Waals surface area contributed by atoms with Crippen molar-refractivity contribution in [2.45, 2.75) is 6.92 Å². The fourth-order valence-corrected chi connectivity index (χ4v) is 3.54. The maximum Gasteiger partial charge on any atom is 0.337 e. The van der Waals surface area contributed by atoms with Gasteiger partial charge in [0.2, 0.25) is 0 Å². The van der Waals surface area contributed by atoms with Crippen molar-refractivity contribution in [1.29, 1.82) is 0 Å². The van der Waals surface area contributed by atoms with E-state index in [1.54, 1.807) is 42.3 Å². The molecule has 1 aliphatic rings. The van der Waals surface area contributed by atoms with Crippen LogP contribution in [0, 0.1) is 0 Å². The first-order valence-corrected chi connectivity index (χ1v) is 8.64. The minimum Gasteiger partial charge on any atom is -0.478 e. The summed E-state index contributed by atoms with van der Waals surface area (Å²) >= 11 is 1.23. The zero-order chi connectivity index (χ0) is 18.8. The number of hydrogen-bond acceptors (Lipinski definition) is 5. The molecule has 3 N–H and O–H groups in total. The molecule has 1 amide bonds. The van der Waals surface area contributed by atoms with Crippen LogP contribution in [0.3, 0.4) is 0 Å². The third-order valence-corrected chi connectivity index (χ3v) is 5.28. The molecule has 2 aromatic carbocycles. The molecule has 0 atom stereocenters. The van der Waals surface area contributed by atoms with Crippen LogP contribution in [0.4, 0.5) is 11.4 Å². The Kier molecular flexibility index (Phi) is 4.81. The van der Waals surface area contributed by atoms with Crippen LogP contribution in [0.15, 0.2) is 58.4 Å². The highest BCUT2D eigenvalue weighted by molar-refractivity contribution is 8.18. The molecule has 1 aliphatic heterocycles. The topological polar surface area (TPSA) is 96.0 Å². The largest absolute Gasteiger partial charge is 0.478 e. The second kappa shape index (κ2) is 7.05. The molecule has 0 saturated carbocycles. The van der Waals surface area contributed by atoms with Gasteiger partial charge in [0.15, 0.2) is 5.17 Å². The van der Waals surface area contributed by atoms with Crippen molar-refractivity contribution in [3.05, 3.63) is 64.6 Å². The lowest BCUT2D eigenvalue weighted by molar-refractivity contribution is -0.113. The smallest absolute Gasteiger partial charge is 0.337 e. The zero-order valence-corrected chi connectivity index (χ0v) is 15.1. The van der Waals surface area contributed by atoms with Crippen LogP contribution in [0.2, 0.25) is 0 Å². The van der Waals surface area contributed by atoms with Crippen molar-refractivity contribution in [1.82, 2.24) is 0 Å². The average molecular weight is 367 g/mol. The second-order valence-corrected chi connectivity index (χ2v) is 6.74. The van der Waals surface area contributed by atoms with Crippen molar-refractivity contribution < 1.29 is 14.7 Å². The number of hydrogen-bond donors (Lipinski definition) is 2. The molecular weight excluding hydrogens is 350 g/mol. The van der Waals surface area contributed by atoms with Gasteiger partial charge >= 0.3 is 5.97 Å². The van der Waals surface area contributed by atoms with Gasteiger partial charge in [-0.1, -0.05) is 24.3 Å². The van der Waals surface area contributed by atoms with Crippen LogP contribution in [0.1, 0.15) is 22.8 Å². The van der Waals surface area contributed by atoms with E-state index < -0.39 is 5.97 Å². The molecule has 7 heteroatoms. The monoisotopic (exact) mass is 367 g/mol. The molecule has 6 nitrogen and oxygen atoms in total. The standard InChI is InChI=1S/C19H17N3O3S/c1-11(12-7-9-13(20)10-8-12)16-17(23)21-19(26-16)22(2)15-6-4-3-5-14(15)18(24)25/h3-10H,20H2,1-2H3,(H,24,25)/b16-11-. The Bertz CT molecular complexity index is 949. The number of carboxylic acids is 1. The number of carboxylic acid groups (broad SMARTS) is 1. The molecule has 0 bridgehead atoms. The number of amides is 1. The van der Waals surface area contributed by atoms with E-state index in [0.717, 1.165) is 11.1 Å². The number of aliphatic imine (C=N–C) groups is 1. The number of nitrogens with two attached hydrogens (primary N) is 1. The maximum atomic E-state index is 12.4.